The summed E-state index contributed by atoms with van der Waals surface area (Å²) >= 11 is 1.28. The Morgan fingerprint density at radius 2 is 1.76 bits per heavy atom. The second kappa shape index (κ2) is 10.0. The van der Waals surface area contributed by atoms with Gasteiger partial charge in [0, 0.05) is 19.2 Å². The first-order chi connectivity index (χ1) is 14.1. The topological polar surface area (TPSA) is 70.0 Å². The lowest BCUT2D eigenvalue weighted by Gasteiger charge is -2.22. The van der Waals surface area contributed by atoms with E-state index in [0.717, 1.165) is 22.6 Å². The molecule has 0 saturated heterocycles. The number of rotatable bonds is 8. The highest BCUT2D eigenvalue weighted by Crippen LogP contribution is 2.31. The van der Waals surface area contributed by atoms with Crippen LogP contribution in [0.1, 0.15) is 21.2 Å². The Balaban J connectivity index is 1.87. The summed E-state index contributed by atoms with van der Waals surface area (Å²) in [5, 5.41) is 10.6. The van der Waals surface area contributed by atoms with Crippen LogP contribution in [-0.2, 0) is 4.79 Å². The van der Waals surface area contributed by atoms with E-state index in [2.05, 4.69) is 4.99 Å². The highest BCUT2D eigenvalue weighted by molar-refractivity contribution is 8.12. The SMILES string of the molecule is CN(CCO)C(=O)C(SC=Nc1cc2ccccc2cc1C=O)c1ccccc1. The number of aliphatic hydroxyl groups is 1. The van der Waals surface area contributed by atoms with Crippen molar-refractivity contribution in [2.24, 2.45) is 4.99 Å². The molecule has 0 spiro atoms. The maximum absolute atomic E-state index is 12.9. The third-order valence-electron chi connectivity index (χ3n) is 4.55. The molecule has 0 fully saturated rings. The van der Waals surface area contributed by atoms with E-state index in [1.165, 1.54) is 16.7 Å². The second-order valence-electron chi connectivity index (χ2n) is 6.52. The Morgan fingerprint density at radius 3 is 2.41 bits per heavy atom. The molecule has 0 radical (unpaired) electrons. The summed E-state index contributed by atoms with van der Waals surface area (Å²) in [7, 11) is 1.67. The molecule has 1 N–H and O–H groups in total. The molecule has 1 atom stereocenters. The first kappa shape index (κ1) is 20.8. The van der Waals surface area contributed by atoms with Crippen LogP contribution >= 0.6 is 11.8 Å². The van der Waals surface area contributed by atoms with Crippen molar-refractivity contribution < 1.29 is 14.7 Å². The predicted molar refractivity (Wildman–Crippen MR) is 119 cm³/mol. The Morgan fingerprint density at radius 1 is 1.10 bits per heavy atom. The minimum Gasteiger partial charge on any atom is -0.395 e. The lowest BCUT2D eigenvalue weighted by molar-refractivity contribution is -0.129. The molecule has 3 aromatic carbocycles. The summed E-state index contributed by atoms with van der Waals surface area (Å²) in [6.45, 7) is 0.169. The number of carbonyl (C=O) groups excluding carboxylic acids is 2. The number of benzene rings is 3. The van der Waals surface area contributed by atoms with E-state index >= 15 is 0 Å². The molecule has 0 aromatic heterocycles. The number of hydrogen-bond acceptors (Lipinski definition) is 5. The van der Waals surface area contributed by atoms with Crippen molar-refractivity contribution in [3.8, 4) is 0 Å². The van der Waals surface area contributed by atoms with Crippen LogP contribution in [-0.4, -0.2) is 47.9 Å². The molecule has 3 aromatic rings. The molecule has 148 valence electrons. The van der Waals surface area contributed by atoms with Gasteiger partial charge in [-0.3, -0.25) is 9.59 Å². The van der Waals surface area contributed by atoms with E-state index in [0.29, 0.717) is 11.3 Å². The number of aldehydes is 1. The van der Waals surface area contributed by atoms with Crippen molar-refractivity contribution in [1.82, 2.24) is 4.90 Å². The molecule has 0 bridgehead atoms. The van der Waals surface area contributed by atoms with Crippen LogP contribution in [0.5, 0.6) is 0 Å². The Hall–Kier alpha value is -2.96. The lowest BCUT2D eigenvalue weighted by atomic mass is 10.1. The third kappa shape index (κ3) is 5.10. The van der Waals surface area contributed by atoms with Crippen molar-refractivity contribution in [3.05, 3.63) is 77.9 Å². The summed E-state index contributed by atoms with van der Waals surface area (Å²) in [6.07, 6.45) is 0.790. The molecule has 1 amide bonds. The van der Waals surface area contributed by atoms with E-state index in [1.807, 2.05) is 66.7 Å². The molecule has 1 unspecified atom stereocenters. The molecule has 3 rings (SSSR count). The molecule has 0 aliphatic heterocycles. The number of thioether (sulfide) groups is 1. The summed E-state index contributed by atoms with van der Waals surface area (Å²) < 4.78 is 0. The zero-order valence-electron chi connectivity index (χ0n) is 16.1. The first-order valence-corrected chi connectivity index (χ1v) is 10.1. The van der Waals surface area contributed by atoms with Crippen molar-refractivity contribution in [2.75, 3.05) is 20.2 Å². The van der Waals surface area contributed by atoms with Crippen molar-refractivity contribution in [2.45, 2.75) is 5.25 Å². The van der Waals surface area contributed by atoms with Gasteiger partial charge >= 0.3 is 0 Å². The van der Waals surface area contributed by atoms with Gasteiger partial charge < -0.3 is 10.0 Å². The number of hydrogen-bond donors (Lipinski definition) is 1. The summed E-state index contributed by atoms with van der Waals surface area (Å²) in [6, 6.07) is 20.9. The Labute approximate surface area is 174 Å². The highest BCUT2D eigenvalue weighted by Gasteiger charge is 2.23. The van der Waals surface area contributed by atoms with Crippen molar-refractivity contribution >= 4 is 46.0 Å². The fraction of sp³-hybridized carbons (Fsp3) is 0.174. The summed E-state index contributed by atoms with van der Waals surface area (Å²) in [5.74, 6) is -0.115. The molecule has 5 nitrogen and oxygen atoms in total. The molecule has 0 heterocycles. The lowest BCUT2D eigenvalue weighted by Crippen LogP contribution is -2.32. The fourth-order valence-corrected chi connectivity index (χ4v) is 3.87. The maximum atomic E-state index is 12.9. The molecule has 0 saturated carbocycles. The Kier molecular flexibility index (Phi) is 7.16. The average molecular weight is 407 g/mol. The summed E-state index contributed by atoms with van der Waals surface area (Å²) in [5.41, 5.74) is 3.53. The smallest absolute Gasteiger partial charge is 0.240 e. The number of likely N-dealkylation sites (N-methyl/N-ethyl adjacent to an activating group) is 1. The van der Waals surface area contributed by atoms with Gasteiger partial charge in [0.05, 0.1) is 17.8 Å². The van der Waals surface area contributed by atoms with Gasteiger partial charge in [-0.05, 0) is 28.5 Å². The van der Waals surface area contributed by atoms with Crippen molar-refractivity contribution in [3.63, 3.8) is 0 Å². The zero-order chi connectivity index (χ0) is 20.6. The number of nitrogens with zero attached hydrogens (tertiary/aromatic N) is 2. The van der Waals surface area contributed by atoms with Gasteiger partial charge in [-0.2, -0.15) is 0 Å². The maximum Gasteiger partial charge on any atom is 0.240 e. The Bertz CT molecular complexity index is 1020. The molecular weight excluding hydrogens is 384 g/mol. The fourth-order valence-electron chi connectivity index (χ4n) is 2.97. The van der Waals surface area contributed by atoms with Gasteiger partial charge in [-0.1, -0.05) is 66.4 Å². The number of aliphatic hydroxyl groups excluding tert-OH is 1. The van der Waals surface area contributed by atoms with Crippen LogP contribution in [0.15, 0.2) is 71.7 Å². The third-order valence-corrected chi connectivity index (χ3v) is 5.52. The van der Waals surface area contributed by atoms with Gasteiger partial charge in [0.2, 0.25) is 5.91 Å². The van der Waals surface area contributed by atoms with Gasteiger partial charge in [0.15, 0.2) is 6.29 Å². The number of aliphatic imine (C=N–C) groups is 1. The normalized spacial score (nSPS) is 12.2. The first-order valence-electron chi connectivity index (χ1n) is 9.21. The van der Waals surface area contributed by atoms with E-state index in [4.69, 9.17) is 5.11 Å². The molecule has 0 aliphatic rings. The van der Waals surface area contributed by atoms with Gasteiger partial charge in [-0.25, -0.2) is 4.99 Å². The summed E-state index contributed by atoms with van der Waals surface area (Å²) in [4.78, 5) is 30.3. The van der Waals surface area contributed by atoms with E-state index in [9.17, 15) is 9.59 Å². The van der Waals surface area contributed by atoms with Crippen LogP contribution in [0, 0.1) is 0 Å². The van der Waals surface area contributed by atoms with Crippen LogP contribution in [0.2, 0.25) is 0 Å². The zero-order valence-corrected chi connectivity index (χ0v) is 16.9. The standard InChI is InChI=1S/C23H22N2O3S/c1-25(11-12-26)23(28)22(17-7-3-2-4-8-17)29-16-24-21-14-19-10-6-5-9-18(19)13-20(21)15-27/h2-10,13-16,22,26H,11-12H2,1H3. The number of amides is 1. The monoisotopic (exact) mass is 406 g/mol. The van der Waals surface area contributed by atoms with Gasteiger partial charge in [0.1, 0.15) is 5.25 Å². The second-order valence-corrected chi connectivity index (χ2v) is 7.48. The van der Waals surface area contributed by atoms with Crippen molar-refractivity contribution in [1.29, 1.82) is 0 Å². The molecular formula is C23H22N2O3S. The van der Waals surface area contributed by atoms with Gasteiger partial charge in [-0.15, -0.1) is 0 Å². The minimum absolute atomic E-state index is 0.0950. The van der Waals surface area contributed by atoms with Crippen LogP contribution in [0.4, 0.5) is 5.69 Å². The van der Waals surface area contributed by atoms with E-state index in [1.54, 1.807) is 12.6 Å². The number of carbonyl (C=O) groups is 2. The highest BCUT2D eigenvalue weighted by atomic mass is 32.2. The quantitative estimate of drug-likeness (QED) is 0.345. The molecule has 29 heavy (non-hydrogen) atoms. The van der Waals surface area contributed by atoms with Crippen LogP contribution in [0.3, 0.4) is 0 Å². The average Bonchev–Trinajstić information content (AvgIpc) is 2.76. The minimum atomic E-state index is -0.489. The largest absolute Gasteiger partial charge is 0.395 e. The van der Waals surface area contributed by atoms with E-state index < -0.39 is 5.25 Å². The van der Waals surface area contributed by atoms with E-state index in [-0.39, 0.29) is 19.1 Å². The number of fused-ring (bicyclic) bond motifs is 1. The molecule has 0 aliphatic carbocycles. The van der Waals surface area contributed by atoms with Crippen LogP contribution in [0.25, 0.3) is 10.8 Å². The predicted octanol–water partition coefficient (Wildman–Crippen LogP) is 4.24. The molecule has 6 heteroatoms. The van der Waals surface area contributed by atoms with Gasteiger partial charge in [0.25, 0.3) is 0 Å². The van der Waals surface area contributed by atoms with Crippen LogP contribution < -0.4 is 0 Å².